The number of ether oxygens (including phenoxy) is 3. The Kier molecular flexibility index (Phi) is 63.4. The molecule has 1 aliphatic heterocycles. The van der Waals surface area contributed by atoms with Crippen LogP contribution in [0, 0.1) is 0 Å². The average Bonchev–Trinajstić information content (AvgIpc) is 1.38. The molecule has 11 nitrogen and oxygen atoms in total. The Balaban J connectivity index is 1.91. The normalized spacial score (nSPS) is 18.1. The van der Waals surface area contributed by atoms with Crippen LogP contribution in [-0.2, 0) is 23.8 Å². The number of amides is 1. The van der Waals surface area contributed by atoms with E-state index in [-0.39, 0.29) is 18.5 Å². The predicted octanol–water partition coefficient (Wildman–Crippen LogP) is 20.0. The van der Waals surface area contributed by atoms with Gasteiger partial charge in [-0.05, 0) is 109 Å². The Hall–Kier alpha value is -3.16. The van der Waals surface area contributed by atoms with Gasteiger partial charge in [-0.15, -0.1) is 0 Å². The Labute approximate surface area is 553 Å². The number of hydrogen-bond acceptors (Lipinski definition) is 10. The van der Waals surface area contributed by atoms with Gasteiger partial charge in [-0.25, -0.2) is 0 Å². The minimum absolute atomic E-state index is 0.00290. The van der Waals surface area contributed by atoms with E-state index in [1.54, 1.807) is 6.08 Å². The molecule has 7 unspecified atom stereocenters. The van der Waals surface area contributed by atoms with Gasteiger partial charge >= 0.3 is 5.97 Å². The van der Waals surface area contributed by atoms with Gasteiger partial charge in [-0.1, -0.05) is 304 Å². The van der Waals surface area contributed by atoms with E-state index in [9.17, 15) is 35.1 Å². The van der Waals surface area contributed by atoms with E-state index in [0.717, 1.165) is 89.9 Å². The number of carbonyl (C=O) groups is 2. The minimum atomic E-state index is -1.58. The molecule has 1 rings (SSSR count). The maximum absolute atomic E-state index is 13.0. The first-order valence-electron chi connectivity index (χ1n) is 37.9. The lowest BCUT2D eigenvalue weighted by atomic mass is 9.99. The van der Waals surface area contributed by atoms with Crippen molar-refractivity contribution in [2.75, 3.05) is 19.8 Å². The summed E-state index contributed by atoms with van der Waals surface area (Å²) in [6.07, 6.45) is 83.3. The van der Waals surface area contributed by atoms with E-state index in [0.29, 0.717) is 19.4 Å². The highest BCUT2D eigenvalue weighted by Crippen LogP contribution is 2.23. The van der Waals surface area contributed by atoms with Crippen LogP contribution in [0.1, 0.15) is 341 Å². The number of unbranched alkanes of at least 4 members (excludes halogenated alkanes) is 40. The summed E-state index contributed by atoms with van der Waals surface area (Å²) < 4.78 is 16.7. The van der Waals surface area contributed by atoms with Crippen LogP contribution < -0.4 is 5.32 Å². The van der Waals surface area contributed by atoms with E-state index in [1.165, 1.54) is 225 Å². The molecule has 7 atom stereocenters. The van der Waals surface area contributed by atoms with Gasteiger partial charge in [-0.2, -0.15) is 0 Å². The Bertz CT molecular complexity index is 1770. The zero-order valence-electron chi connectivity index (χ0n) is 58.1. The summed E-state index contributed by atoms with van der Waals surface area (Å²) in [4.78, 5) is 25.1. The SMILES string of the molecule is CCC/C=C/CC/C=C/CC/C=C/C(O)C(COC1OC(CO)C(O)C(O)C1O)NC(=O)CCCCCCCCCCCCCCCCCCC/C=C\C/C=C\CCCCCCCCCCCCCCCOC(=O)CCCCCCC/C=C\C/C=C\CCCC. The van der Waals surface area contributed by atoms with E-state index in [4.69, 9.17) is 14.2 Å². The van der Waals surface area contributed by atoms with E-state index >= 15 is 0 Å². The molecule has 90 heavy (non-hydrogen) atoms. The zero-order chi connectivity index (χ0) is 65.1. The fraction of sp³-hybridized carbons (Fsp3) is 0.797. The fourth-order valence-corrected chi connectivity index (χ4v) is 11.5. The first kappa shape index (κ1) is 84.9. The van der Waals surface area contributed by atoms with Crippen molar-refractivity contribution in [2.24, 2.45) is 0 Å². The predicted molar refractivity (Wildman–Crippen MR) is 379 cm³/mol. The summed E-state index contributed by atoms with van der Waals surface area (Å²) in [6.45, 7) is 4.22. The number of rotatable bonds is 66. The molecule has 1 aliphatic rings. The van der Waals surface area contributed by atoms with Crippen molar-refractivity contribution >= 4 is 11.9 Å². The number of aliphatic hydroxyl groups is 5. The largest absolute Gasteiger partial charge is 0.466 e. The standard InChI is InChI=1S/C79H141NO10/c1-3-5-7-9-11-13-15-16-43-47-51-55-59-63-67-75(84)88-68-64-60-56-52-48-44-41-39-37-35-33-31-29-27-25-23-21-19-17-18-20-22-24-26-28-30-32-34-36-38-40-42-46-50-54-58-62-66-74(83)80-71(70-89-79-78(87)77(86)76(85)73(69-81)90-79)72(82)65-61-57-53-49-45-14-12-10-8-6-4-2/h8-11,15-17,19,23,25,45,49,61,65,71-73,76-79,81-82,85-87H,3-7,12-14,18,20-22,24,26-44,46-48,50-60,62-64,66-70H2,1-2H3,(H,80,83)/b10-8+,11-9-,16-15-,19-17-,25-23-,49-45+,65-61+. The molecule has 0 spiro atoms. The summed E-state index contributed by atoms with van der Waals surface area (Å²) >= 11 is 0. The summed E-state index contributed by atoms with van der Waals surface area (Å²) in [5.74, 6) is -0.198. The molecule has 1 fully saturated rings. The molecule has 0 aromatic carbocycles. The van der Waals surface area contributed by atoms with Crippen LogP contribution >= 0.6 is 0 Å². The van der Waals surface area contributed by atoms with Gasteiger partial charge in [0, 0.05) is 12.8 Å². The van der Waals surface area contributed by atoms with Crippen molar-refractivity contribution in [1.29, 1.82) is 0 Å². The summed E-state index contributed by atoms with van der Waals surface area (Å²) in [6, 6.07) is -0.834. The lowest BCUT2D eigenvalue weighted by molar-refractivity contribution is -0.302. The van der Waals surface area contributed by atoms with Gasteiger partial charge in [0.1, 0.15) is 24.4 Å². The molecule has 0 aromatic heterocycles. The van der Waals surface area contributed by atoms with Crippen LogP contribution in [-0.4, -0.2) is 100 Å². The number of esters is 1. The number of nitrogens with one attached hydrogen (secondary N) is 1. The van der Waals surface area contributed by atoms with Gasteiger partial charge in [0.05, 0.1) is 32.0 Å². The lowest BCUT2D eigenvalue weighted by Gasteiger charge is -2.40. The highest BCUT2D eigenvalue weighted by atomic mass is 16.7. The molecule has 0 aromatic rings. The highest BCUT2D eigenvalue weighted by molar-refractivity contribution is 5.76. The summed E-state index contributed by atoms with van der Waals surface area (Å²) in [5, 5.41) is 54.4. The third-order valence-corrected chi connectivity index (χ3v) is 17.4. The van der Waals surface area contributed by atoms with E-state index in [1.807, 2.05) is 6.08 Å². The first-order valence-corrected chi connectivity index (χ1v) is 37.9. The Morgan fingerprint density at radius 1 is 0.411 bits per heavy atom. The molecule has 0 aliphatic carbocycles. The second-order valence-electron chi connectivity index (χ2n) is 26.0. The van der Waals surface area contributed by atoms with E-state index in [2.05, 4.69) is 92.1 Å². The second kappa shape index (κ2) is 67.3. The van der Waals surface area contributed by atoms with Gasteiger partial charge in [0.25, 0.3) is 0 Å². The quantitative estimate of drug-likeness (QED) is 0.0195. The smallest absolute Gasteiger partial charge is 0.305 e. The molecular formula is C79H141NO10. The van der Waals surface area contributed by atoms with Gasteiger partial charge < -0.3 is 45.1 Å². The van der Waals surface area contributed by atoms with Crippen molar-refractivity contribution in [1.82, 2.24) is 5.32 Å². The van der Waals surface area contributed by atoms with Crippen molar-refractivity contribution < 1.29 is 49.3 Å². The Morgan fingerprint density at radius 2 is 0.778 bits per heavy atom. The molecular weight excluding hydrogens is 1120 g/mol. The van der Waals surface area contributed by atoms with Crippen molar-refractivity contribution in [3.8, 4) is 0 Å². The van der Waals surface area contributed by atoms with Crippen molar-refractivity contribution in [3.05, 3.63) is 85.1 Å². The molecule has 11 heteroatoms. The van der Waals surface area contributed by atoms with Gasteiger partial charge in [0.2, 0.25) is 5.91 Å². The van der Waals surface area contributed by atoms with Crippen LogP contribution in [0.5, 0.6) is 0 Å². The molecule has 0 radical (unpaired) electrons. The van der Waals surface area contributed by atoms with Crippen LogP contribution in [0.2, 0.25) is 0 Å². The topological polar surface area (TPSA) is 175 Å². The van der Waals surface area contributed by atoms with Crippen LogP contribution in [0.3, 0.4) is 0 Å². The first-order chi connectivity index (χ1) is 44.2. The number of aliphatic hydroxyl groups excluding tert-OH is 5. The molecule has 0 bridgehead atoms. The average molecular weight is 1260 g/mol. The molecule has 1 amide bonds. The molecule has 522 valence electrons. The maximum Gasteiger partial charge on any atom is 0.305 e. The van der Waals surface area contributed by atoms with Crippen LogP contribution in [0.15, 0.2) is 85.1 Å². The Morgan fingerprint density at radius 3 is 1.20 bits per heavy atom. The monoisotopic (exact) mass is 1260 g/mol. The van der Waals surface area contributed by atoms with Crippen LogP contribution in [0.4, 0.5) is 0 Å². The minimum Gasteiger partial charge on any atom is -0.466 e. The lowest BCUT2D eigenvalue weighted by Crippen LogP contribution is -2.60. The molecule has 6 N–H and O–H groups in total. The molecule has 1 heterocycles. The molecule has 1 saturated heterocycles. The fourth-order valence-electron chi connectivity index (χ4n) is 11.5. The molecule has 0 saturated carbocycles. The summed E-state index contributed by atoms with van der Waals surface area (Å²) in [7, 11) is 0. The number of hydrogen-bond donors (Lipinski definition) is 6. The van der Waals surface area contributed by atoms with E-state index < -0.39 is 49.5 Å². The van der Waals surface area contributed by atoms with Crippen molar-refractivity contribution in [2.45, 2.75) is 384 Å². The van der Waals surface area contributed by atoms with Crippen LogP contribution in [0.25, 0.3) is 0 Å². The number of carbonyl (C=O) groups excluding carboxylic acids is 2. The highest BCUT2D eigenvalue weighted by Gasteiger charge is 2.44. The zero-order valence-corrected chi connectivity index (χ0v) is 58.1. The van der Waals surface area contributed by atoms with Gasteiger partial charge in [0.15, 0.2) is 6.29 Å². The second-order valence-corrected chi connectivity index (χ2v) is 26.0. The third kappa shape index (κ3) is 55.3. The number of allylic oxidation sites excluding steroid dienone is 13. The summed E-state index contributed by atoms with van der Waals surface area (Å²) in [5.41, 5.74) is 0. The van der Waals surface area contributed by atoms with Gasteiger partial charge in [-0.3, -0.25) is 9.59 Å². The van der Waals surface area contributed by atoms with Crippen molar-refractivity contribution in [3.63, 3.8) is 0 Å². The maximum atomic E-state index is 13.0. The third-order valence-electron chi connectivity index (χ3n) is 17.4.